The molecule has 27 heavy (non-hydrogen) atoms. The number of nitrogens with zero attached hydrogens (tertiary/aromatic N) is 3. The van der Waals surface area contributed by atoms with Crippen molar-refractivity contribution >= 4 is 33.1 Å². The first-order valence-corrected chi connectivity index (χ1v) is 10.5. The molecule has 2 heterocycles. The lowest BCUT2D eigenvalue weighted by atomic mass is 9.95. The number of nitrogens with two attached hydrogens (primary N) is 1. The van der Waals surface area contributed by atoms with Gasteiger partial charge in [-0.15, -0.1) is 4.52 Å². The zero-order valence-electron chi connectivity index (χ0n) is 14.7. The van der Waals surface area contributed by atoms with E-state index >= 15 is 0 Å². The second-order valence-electron chi connectivity index (χ2n) is 6.72. The maximum atomic E-state index is 11.4. The Morgan fingerprint density at radius 3 is 2.59 bits per heavy atom. The van der Waals surface area contributed by atoms with E-state index in [9.17, 15) is 8.42 Å². The molecule has 10 heteroatoms. The molecule has 5 N–H and O–H groups in total. The van der Waals surface area contributed by atoms with Gasteiger partial charge in [0.05, 0.1) is 16.6 Å². The van der Waals surface area contributed by atoms with Gasteiger partial charge in [0.2, 0.25) is 15.8 Å². The molecule has 0 radical (unpaired) electrons. The van der Waals surface area contributed by atoms with Crippen LogP contribution in [0.2, 0.25) is 0 Å². The van der Waals surface area contributed by atoms with Gasteiger partial charge in [-0.3, -0.25) is 5.32 Å². The van der Waals surface area contributed by atoms with E-state index in [-0.39, 0.29) is 4.90 Å². The van der Waals surface area contributed by atoms with Crippen LogP contribution in [0.3, 0.4) is 0 Å². The van der Waals surface area contributed by atoms with Crippen molar-refractivity contribution in [2.45, 2.75) is 43.0 Å². The Morgan fingerprint density at radius 1 is 1.15 bits per heavy atom. The van der Waals surface area contributed by atoms with E-state index < -0.39 is 10.0 Å². The number of aromatic amines is 1. The highest BCUT2D eigenvalue weighted by Gasteiger charge is 2.19. The lowest BCUT2D eigenvalue weighted by Gasteiger charge is -2.22. The molecular formula is C17H22N7O2S+. The maximum absolute atomic E-state index is 11.4. The molecule has 0 atom stereocenters. The van der Waals surface area contributed by atoms with Crippen molar-refractivity contribution in [1.29, 1.82) is 0 Å². The fourth-order valence-corrected chi connectivity index (χ4v) is 3.86. The van der Waals surface area contributed by atoms with Gasteiger partial charge in [-0.25, -0.2) is 18.7 Å². The van der Waals surface area contributed by atoms with Crippen molar-refractivity contribution < 1.29 is 12.9 Å². The summed E-state index contributed by atoms with van der Waals surface area (Å²) in [5.41, 5.74) is 0.723. The van der Waals surface area contributed by atoms with Crippen LogP contribution < -0.4 is 20.3 Å². The minimum absolute atomic E-state index is 0.0711. The second kappa shape index (κ2) is 7.12. The minimum atomic E-state index is -3.71. The Kier molecular flexibility index (Phi) is 4.66. The lowest BCUT2D eigenvalue weighted by Crippen LogP contribution is -2.30. The summed E-state index contributed by atoms with van der Waals surface area (Å²) in [6.07, 6.45) is 7.62. The number of benzene rings is 1. The Bertz CT molecular complexity index is 1040. The highest BCUT2D eigenvalue weighted by atomic mass is 32.2. The van der Waals surface area contributed by atoms with Gasteiger partial charge in [0.1, 0.15) is 0 Å². The molecule has 0 amide bonds. The zero-order chi connectivity index (χ0) is 18.9. The van der Waals surface area contributed by atoms with E-state index in [0.29, 0.717) is 11.8 Å². The molecule has 0 aliphatic heterocycles. The van der Waals surface area contributed by atoms with Crippen LogP contribution in [-0.4, -0.2) is 29.5 Å². The van der Waals surface area contributed by atoms with Gasteiger partial charge >= 0.3 is 5.78 Å². The van der Waals surface area contributed by atoms with Gasteiger partial charge < -0.3 is 5.32 Å². The summed E-state index contributed by atoms with van der Waals surface area (Å²) in [7, 11) is -3.71. The maximum Gasteiger partial charge on any atom is 0.410 e. The number of aromatic nitrogens is 4. The molecule has 0 saturated heterocycles. The van der Waals surface area contributed by atoms with E-state index in [0.717, 1.165) is 30.2 Å². The fraction of sp³-hybridized carbons (Fsp3) is 0.353. The summed E-state index contributed by atoms with van der Waals surface area (Å²) in [5.74, 6) is 2.04. The summed E-state index contributed by atoms with van der Waals surface area (Å²) in [4.78, 5) is 8.86. The first-order chi connectivity index (χ1) is 13.0. The van der Waals surface area contributed by atoms with E-state index in [1.54, 1.807) is 23.0 Å². The predicted molar refractivity (Wildman–Crippen MR) is 101 cm³/mol. The normalized spacial score (nSPS) is 15.7. The van der Waals surface area contributed by atoms with E-state index in [4.69, 9.17) is 5.14 Å². The number of fused-ring (bicyclic) bond motifs is 1. The van der Waals surface area contributed by atoms with E-state index in [1.165, 1.54) is 31.4 Å². The van der Waals surface area contributed by atoms with Crippen LogP contribution in [0, 0.1) is 0 Å². The van der Waals surface area contributed by atoms with Crippen LogP contribution in [-0.2, 0) is 10.0 Å². The van der Waals surface area contributed by atoms with Gasteiger partial charge in [-0.05, 0) is 37.1 Å². The largest absolute Gasteiger partial charge is 0.410 e. The highest BCUT2D eigenvalue weighted by Crippen LogP contribution is 2.23. The fourth-order valence-electron chi connectivity index (χ4n) is 3.35. The molecule has 1 aromatic carbocycles. The quantitative estimate of drug-likeness (QED) is 0.492. The van der Waals surface area contributed by atoms with Gasteiger partial charge in [0, 0.05) is 6.04 Å². The Morgan fingerprint density at radius 2 is 1.89 bits per heavy atom. The van der Waals surface area contributed by atoms with Gasteiger partial charge in [-0.1, -0.05) is 29.2 Å². The Balaban J connectivity index is 1.61. The zero-order valence-corrected chi connectivity index (χ0v) is 15.5. The van der Waals surface area contributed by atoms with Crippen LogP contribution >= 0.6 is 0 Å². The Hall–Kier alpha value is -2.72. The van der Waals surface area contributed by atoms with Crippen LogP contribution in [0.4, 0.5) is 17.3 Å². The highest BCUT2D eigenvalue weighted by molar-refractivity contribution is 7.89. The summed E-state index contributed by atoms with van der Waals surface area (Å²) in [6.45, 7) is 0. The average Bonchev–Trinajstić information content (AvgIpc) is 3.11. The van der Waals surface area contributed by atoms with E-state index in [1.807, 2.05) is 6.07 Å². The lowest BCUT2D eigenvalue weighted by molar-refractivity contribution is -0.564. The van der Waals surface area contributed by atoms with Crippen molar-refractivity contribution in [3.8, 4) is 0 Å². The number of hydrogen-bond acceptors (Lipinski definition) is 6. The molecule has 1 aliphatic carbocycles. The SMILES string of the molecule is NS(=O)(=O)c1ccc(Nc2cc(NC3CCCCC3)nc3nc[nH][n+]23)cc1. The van der Waals surface area contributed by atoms with Crippen molar-refractivity contribution in [1.82, 2.24) is 15.1 Å². The third-order valence-corrected chi connectivity index (χ3v) is 5.64. The first kappa shape index (κ1) is 17.7. The number of rotatable bonds is 5. The van der Waals surface area contributed by atoms with Crippen LogP contribution in [0.5, 0.6) is 0 Å². The molecule has 4 rings (SSSR count). The van der Waals surface area contributed by atoms with Crippen molar-refractivity contribution in [2.75, 3.05) is 10.6 Å². The number of nitrogens with one attached hydrogen (secondary N) is 3. The summed E-state index contributed by atoms with van der Waals surface area (Å²) < 4.78 is 24.5. The molecule has 1 fully saturated rings. The summed E-state index contributed by atoms with van der Waals surface area (Å²) in [5, 5.41) is 14.9. The molecule has 0 unspecified atom stereocenters. The standard InChI is InChI=1S/C17H21N7O2S/c18-27(25,26)14-8-6-13(7-9-14)22-16-10-15(21-12-4-2-1-3-5-12)23-17-19-11-20-24(16)17/h6-12H,1-5H2,(H4,18,19,20,21,22,23,25,26)/p+1. The monoisotopic (exact) mass is 388 g/mol. The third kappa shape index (κ3) is 4.01. The first-order valence-electron chi connectivity index (χ1n) is 8.92. The minimum Gasteiger partial charge on any atom is -0.357 e. The molecule has 9 nitrogen and oxygen atoms in total. The number of hydrogen-bond donors (Lipinski definition) is 4. The molecule has 0 bridgehead atoms. The summed E-state index contributed by atoms with van der Waals surface area (Å²) >= 11 is 0. The number of primary sulfonamides is 1. The number of H-pyrrole nitrogens is 1. The number of sulfonamides is 1. The van der Waals surface area contributed by atoms with Crippen LogP contribution in [0.1, 0.15) is 32.1 Å². The van der Waals surface area contributed by atoms with Gasteiger partial charge in [0.15, 0.2) is 12.1 Å². The van der Waals surface area contributed by atoms with Crippen molar-refractivity contribution in [3.05, 3.63) is 36.7 Å². The third-order valence-electron chi connectivity index (χ3n) is 4.71. The van der Waals surface area contributed by atoms with E-state index in [2.05, 4.69) is 25.7 Å². The molecular weight excluding hydrogens is 366 g/mol. The molecule has 2 aromatic heterocycles. The molecule has 1 aliphatic rings. The molecule has 0 spiro atoms. The van der Waals surface area contributed by atoms with Crippen molar-refractivity contribution in [2.24, 2.45) is 5.14 Å². The second-order valence-corrected chi connectivity index (χ2v) is 8.28. The Labute approximate surface area is 157 Å². The molecule has 142 valence electrons. The molecule has 1 saturated carbocycles. The molecule has 3 aromatic rings. The topological polar surface area (TPSA) is 130 Å². The smallest absolute Gasteiger partial charge is 0.357 e. The van der Waals surface area contributed by atoms with Gasteiger partial charge in [0.25, 0.3) is 0 Å². The van der Waals surface area contributed by atoms with Crippen molar-refractivity contribution in [3.63, 3.8) is 0 Å². The van der Waals surface area contributed by atoms with Crippen LogP contribution in [0.25, 0.3) is 5.78 Å². The average molecular weight is 388 g/mol. The van der Waals surface area contributed by atoms with Gasteiger partial charge in [-0.2, -0.15) is 0 Å². The summed E-state index contributed by atoms with van der Waals surface area (Å²) in [6, 6.07) is 8.60. The predicted octanol–water partition coefficient (Wildman–Crippen LogP) is 1.68. The van der Waals surface area contributed by atoms with Crippen LogP contribution in [0.15, 0.2) is 41.6 Å². The number of anilines is 3.